The molecule has 86 valence electrons. The fourth-order valence-electron chi connectivity index (χ4n) is 1.63. The molecule has 4 heteroatoms. The molecular formula is C11H20N2O2. The van der Waals surface area contributed by atoms with Gasteiger partial charge in [0.05, 0.1) is 13.2 Å². The molecule has 1 amide bonds. The number of carbonyl (C=O) groups is 1. The van der Waals surface area contributed by atoms with E-state index >= 15 is 0 Å². The molecule has 0 heterocycles. The van der Waals surface area contributed by atoms with Crippen LogP contribution in [0.1, 0.15) is 25.7 Å². The summed E-state index contributed by atoms with van der Waals surface area (Å²) in [6.07, 6.45) is 4.70. The first-order chi connectivity index (χ1) is 7.24. The van der Waals surface area contributed by atoms with E-state index in [1.807, 2.05) is 0 Å². The van der Waals surface area contributed by atoms with Gasteiger partial charge in [-0.1, -0.05) is 0 Å². The Bertz CT molecular complexity index is 235. The van der Waals surface area contributed by atoms with Gasteiger partial charge in [-0.2, -0.15) is 0 Å². The average Bonchev–Trinajstić information content (AvgIpc) is 3.11. The minimum absolute atomic E-state index is 0.0200. The fourth-order valence-corrected chi connectivity index (χ4v) is 1.63. The van der Waals surface area contributed by atoms with Crippen LogP contribution < -0.4 is 10.6 Å². The molecule has 0 unspecified atom stereocenters. The standard InChI is InChI=1S/C11H20N2O2/c14-8-11(3-4-11)7-13-10(15)6-12-5-9-1-2-9/h9,12,14H,1-8H2,(H,13,15). The second-order valence-corrected chi connectivity index (χ2v) is 5.01. The molecule has 0 spiro atoms. The number of hydrogen-bond acceptors (Lipinski definition) is 3. The van der Waals surface area contributed by atoms with Gasteiger partial charge in [0.1, 0.15) is 0 Å². The first-order valence-corrected chi connectivity index (χ1v) is 5.82. The summed E-state index contributed by atoms with van der Waals surface area (Å²) in [7, 11) is 0. The van der Waals surface area contributed by atoms with Gasteiger partial charge >= 0.3 is 0 Å². The average molecular weight is 212 g/mol. The Kier molecular flexibility index (Phi) is 3.26. The maximum absolute atomic E-state index is 11.4. The molecule has 2 fully saturated rings. The van der Waals surface area contributed by atoms with Crippen LogP contribution in [0.25, 0.3) is 0 Å². The van der Waals surface area contributed by atoms with Gasteiger partial charge in [-0.15, -0.1) is 0 Å². The third-order valence-electron chi connectivity index (χ3n) is 3.37. The van der Waals surface area contributed by atoms with Crippen molar-refractivity contribution in [3.8, 4) is 0 Å². The highest BCUT2D eigenvalue weighted by Crippen LogP contribution is 2.44. The van der Waals surface area contributed by atoms with Crippen LogP contribution in [-0.4, -0.2) is 37.3 Å². The minimum atomic E-state index is 0.0200. The van der Waals surface area contributed by atoms with Crippen molar-refractivity contribution in [1.29, 1.82) is 0 Å². The van der Waals surface area contributed by atoms with Crippen molar-refractivity contribution in [3.63, 3.8) is 0 Å². The Morgan fingerprint density at radius 3 is 2.67 bits per heavy atom. The van der Waals surface area contributed by atoms with Gasteiger partial charge in [-0.25, -0.2) is 0 Å². The summed E-state index contributed by atoms with van der Waals surface area (Å²) < 4.78 is 0. The molecule has 0 aromatic heterocycles. The van der Waals surface area contributed by atoms with Crippen LogP contribution >= 0.6 is 0 Å². The summed E-state index contributed by atoms with van der Waals surface area (Å²) in [5, 5.41) is 15.1. The first kappa shape index (κ1) is 10.9. The Morgan fingerprint density at radius 2 is 2.13 bits per heavy atom. The van der Waals surface area contributed by atoms with E-state index in [2.05, 4.69) is 10.6 Å². The zero-order valence-electron chi connectivity index (χ0n) is 9.09. The third kappa shape index (κ3) is 3.47. The molecule has 0 aromatic rings. The van der Waals surface area contributed by atoms with E-state index in [1.165, 1.54) is 12.8 Å². The smallest absolute Gasteiger partial charge is 0.233 e. The molecule has 0 atom stereocenters. The molecule has 4 nitrogen and oxygen atoms in total. The van der Waals surface area contributed by atoms with Crippen molar-refractivity contribution < 1.29 is 9.90 Å². The normalized spacial score (nSPS) is 22.5. The molecule has 15 heavy (non-hydrogen) atoms. The zero-order chi connectivity index (χ0) is 10.7. The highest BCUT2D eigenvalue weighted by atomic mass is 16.3. The molecule has 2 saturated carbocycles. The molecule has 0 radical (unpaired) electrons. The first-order valence-electron chi connectivity index (χ1n) is 5.82. The van der Waals surface area contributed by atoms with Crippen molar-refractivity contribution in [2.45, 2.75) is 25.7 Å². The van der Waals surface area contributed by atoms with Gasteiger partial charge in [-0.3, -0.25) is 4.79 Å². The van der Waals surface area contributed by atoms with Crippen LogP contribution in [-0.2, 0) is 4.79 Å². The predicted molar refractivity (Wildman–Crippen MR) is 57.4 cm³/mol. The van der Waals surface area contributed by atoms with E-state index in [0.717, 1.165) is 25.3 Å². The van der Waals surface area contributed by atoms with Crippen LogP contribution in [0.4, 0.5) is 0 Å². The second-order valence-electron chi connectivity index (χ2n) is 5.01. The number of nitrogens with one attached hydrogen (secondary N) is 2. The Morgan fingerprint density at radius 1 is 1.40 bits per heavy atom. The summed E-state index contributed by atoms with van der Waals surface area (Å²) >= 11 is 0. The number of amides is 1. The summed E-state index contributed by atoms with van der Waals surface area (Å²) in [6.45, 7) is 2.22. The van der Waals surface area contributed by atoms with E-state index < -0.39 is 0 Å². The highest BCUT2D eigenvalue weighted by Gasteiger charge is 2.41. The van der Waals surface area contributed by atoms with Gasteiger partial charge in [0.15, 0.2) is 0 Å². The molecule has 0 aliphatic heterocycles. The van der Waals surface area contributed by atoms with Crippen molar-refractivity contribution in [1.82, 2.24) is 10.6 Å². The van der Waals surface area contributed by atoms with Gasteiger partial charge < -0.3 is 15.7 Å². The van der Waals surface area contributed by atoms with Crippen LogP contribution in [0.2, 0.25) is 0 Å². The molecular weight excluding hydrogens is 192 g/mol. The van der Waals surface area contributed by atoms with Crippen LogP contribution in [0.5, 0.6) is 0 Å². The van der Waals surface area contributed by atoms with E-state index in [0.29, 0.717) is 13.1 Å². The summed E-state index contributed by atoms with van der Waals surface area (Å²) in [5.41, 5.74) is 0.0200. The van der Waals surface area contributed by atoms with Gasteiger partial charge in [0.25, 0.3) is 0 Å². The Balaban J connectivity index is 1.52. The second kappa shape index (κ2) is 4.49. The van der Waals surface area contributed by atoms with Gasteiger partial charge in [0.2, 0.25) is 5.91 Å². The fraction of sp³-hybridized carbons (Fsp3) is 0.909. The number of hydrogen-bond donors (Lipinski definition) is 3. The van der Waals surface area contributed by atoms with Crippen molar-refractivity contribution in [2.24, 2.45) is 11.3 Å². The van der Waals surface area contributed by atoms with Crippen LogP contribution in [0.3, 0.4) is 0 Å². The highest BCUT2D eigenvalue weighted by molar-refractivity contribution is 5.78. The lowest BCUT2D eigenvalue weighted by molar-refractivity contribution is -0.120. The lowest BCUT2D eigenvalue weighted by atomic mass is 10.1. The van der Waals surface area contributed by atoms with E-state index in [1.54, 1.807) is 0 Å². The Labute approximate surface area is 90.4 Å². The number of rotatable bonds is 7. The van der Waals surface area contributed by atoms with Crippen molar-refractivity contribution in [3.05, 3.63) is 0 Å². The van der Waals surface area contributed by atoms with Crippen LogP contribution in [0.15, 0.2) is 0 Å². The molecule has 0 saturated heterocycles. The quantitative estimate of drug-likeness (QED) is 0.551. The van der Waals surface area contributed by atoms with Crippen molar-refractivity contribution in [2.75, 3.05) is 26.2 Å². The lowest BCUT2D eigenvalue weighted by Crippen LogP contribution is -2.38. The summed E-state index contributed by atoms with van der Waals surface area (Å²) in [4.78, 5) is 11.4. The maximum Gasteiger partial charge on any atom is 0.233 e. The van der Waals surface area contributed by atoms with Crippen LogP contribution in [0, 0.1) is 11.3 Å². The van der Waals surface area contributed by atoms with E-state index in [4.69, 9.17) is 5.11 Å². The topological polar surface area (TPSA) is 61.4 Å². The molecule has 3 N–H and O–H groups in total. The molecule has 0 aromatic carbocycles. The van der Waals surface area contributed by atoms with Crippen molar-refractivity contribution >= 4 is 5.91 Å². The molecule has 2 aliphatic rings. The van der Waals surface area contributed by atoms with E-state index in [9.17, 15) is 4.79 Å². The molecule has 2 rings (SSSR count). The number of carbonyl (C=O) groups excluding carboxylic acids is 1. The maximum atomic E-state index is 11.4. The summed E-state index contributed by atoms with van der Waals surface area (Å²) in [6, 6.07) is 0. The minimum Gasteiger partial charge on any atom is -0.396 e. The zero-order valence-corrected chi connectivity index (χ0v) is 9.09. The van der Waals surface area contributed by atoms with E-state index in [-0.39, 0.29) is 17.9 Å². The number of aliphatic hydroxyl groups is 1. The SMILES string of the molecule is O=C(CNCC1CC1)NCC1(CO)CC1. The monoisotopic (exact) mass is 212 g/mol. The lowest BCUT2D eigenvalue weighted by Gasteiger charge is -2.12. The van der Waals surface area contributed by atoms with Gasteiger partial charge in [-0.05, 0) is 38.1 Å². The molecule has 2 aliphatic carbocycles. The number of aliphatic hydroxyl groups excluding tert-OH is 1. The third-order valence-corrected chi connectivity index (χ3v) is 3.37. The van der Waals surface area contributed by atoms with Gasteiger partial charge in [0, 0.05) is 12.0 Å². The predicted octanol–water partition coefficient (Wildman–Crippen LogP) is -0.125. The Hall–Kier alpha value is -0.610. The molecule has 0 bridgehead atoms. The summed E-state index contributed by atoms with van der Waals surface area (Å²) in [5.74, 6) is 0.861. The largest absolute Gasteiger partial charge is 0.396 e.